The Bertz CT molecular complexity index is 366. The highest BCUT2D eigenvalue weighted by molar-refractivity contribution is 5.19. The highest BCUT2D eigenvalue weighted by Gasteiger charge is 2.36. The van der Waals surface area contributed by atoms with Crippen molar-refractivity contribution in [3.63, 3.8) is 0 Å². The summed E-state index contributed by atoms with van der Waals surface area (Å²) in [7, 11) is 0. The number of rotatable bonds is 6. The largest absolute Gasteiger partial charge is 0.396 e. The summed E-state index contributed by atoms with van der Waals surface area (Å²) in [6.45, 7) is 6.60. The van der Waals surface area contributed by atoms with Crippen molar-refractivity contribution in [3.8, 4) is 0 Å². The van der Waals surface area contributed by atoms with Gasteiger partial charge in [-0.1, -0.05) is 26.3 Å². The molecule has 0 saturated heterocycles. The van der Waals surface area contributed by atoms with Crippen LogP contribution >= 0.6 is 0 Å². The molecule has 0 aliphatic heterocycles. The highest BCUT2D eigenvalue weighted by atomic mass is 16.3. The van der Waals surface area contributed by atoms with Crippen LogP contribution in [-0.4, -0.2) is 29.8 Å². The molecule has 0 aromatic carbocycles. The summed E-state index contributed by atoms with van der Waals surface area (Å²) in [5.74, 6) is 0. The van der Waals surface area contributed by atoms with Crippen LogP contribution in [0.15, 0.2) is 24.5 Å². The van der Waals surface area contributed by atoms with Crippen LogP contribution in [0.4, 0.5) is 0 Å². The molecule has 1 fully saturated rings. The Labute approximate surface area is 110 Å². The average molecular weight is 248 g/mol. The van der Waals surface area contributed by atoms with Gasteiger partial charge < -0.3 is 10.4 Å². The number of nitrogens with zero attached hydrogens (tertiary/aromatic N) is 1. The summed E-state index contributed by atoms with van der Waals surface area (Å²) in [6.07, 6.45) is 7.32. The highest BCUT2D eigenvalue weighted by Crippen LogP contribution is 2.39. The standard InChI is InChI=1S/C15H24N2O/c1-14(2,13-5-3-8-16-9-13)10-17-11-15(12-18)6-4-7-15/h3,5,8-9,17-18H,4,6-7,10-12H2,1-2H3. The van der Waals surface area contributed by atoms with Gasteiger partial charge in [-0.15, -0.1) is 0 Å². The first-order valence-electron chi connectivity index (χ1n) is 6.80. The summed E-state index contributed by atoms with van der Waals surface area (Å²) in [6, 6.07) is 4.11. The Kier molecular flexibility index (Phi) is 4.03. The van der Waals surface area contributed by atoms with Crippen molar-refractivity contribution in [3.05, 3.63) is 30.1 Å². The molecule has 0 amide bonds. The van der Waals surface area contributed by atoms with Crippen LogP contribution in [-0.2, 0) is 5.41 Å². The van der Waals surface area contributed by atoms with E-state index in [9.17, 15) is 5.11 Å². The van der Waals surface area contributed by atoms with E-state index in [4.69, 9.17) is 0 Å². The van der Waals surface area contributed by atoms with Crippen LogP contribution < -0.4 is 5.32 Å². The second kappa shape index (κ2) is 5.37. The molecule has 0 bridgehead atoms. The van der Waals surface area contributed by atoms with Gasteiger partial charge in [0, 0.05) is 42.9 Å². The first-order valence-corrected chi connectivity index (χ1v) is 6.80. The van der Waals surface area contributed by atoms with E-state index in [-0.39, 0.29) is 10.8 Å². The molecule has 1 aliphatic rings. The smallest absolute Gasteiger partial charge is 0.0499 e. The van der Waals surface area contributed by atoms with E-state index in [1.54, 1.807) is 0 Å². The maximum atomic E-state index is 9.43. The third-order valence-corrected chi connectivity index (χ3v) is 4.26. The first-order chi connectivity index (χ1) is 8.58. The number of aliphatic hydroxyl groups is 1. The Morgan fingerprint density at radius 1 is 1.44 bits per heavy atom. The fourth-order valence-corrected chi connectivity index (χ4v) is 2.57. The summed E-state index contributed by atoms with van der Waals surface area (Å²) >= 11 is 0. The third kappa shape index (κ3) is 2.90. The van der Waals surface area contributed by atoms with E-state index in [2.05, 4.69) is 30.2 Å². The number of pyridine rings is 1. The fourth-order valence-electron chi connectivity index (χ4n) is 2.57. The molecule has 2 rings (SSSR count). The SMILES string of the molecule is CC(C)(CNCC1(CO)CCC1)c1cccnc1. The van der Waals surface area contributed by atoms with Gasteiger partial charge in [-0.2, -0.15) is 0 Å². The zero-order valence-electron chi connectivity index (χ0n) is 11.4. The lowest BCUT2D eigenvalue weighted by Crippen LogP contribution is -2.45. The monoisotopic (exact) mass is 248 g/mol. The van der Waals surface area contributed by atoms with Gasteiger partial charge in [0.25, 0.3) is 0 Å². The van der Waals surface area contributed by atoms with Crippen LogP contribution in [0.25, 0.3) is 0 Å². The van der Waals surface area contributed by atoms with Gasteiger partial charge in [-0.25, -0.2) is 0 Å². The lowest BCUT2D eigenvalue weighted by atomic mass is 9.69. The normalized spacial score (nSPS) is 18.4. The van der Waals surface area contributed by atoms with E-state index in [1.165, 1.54) is 12.0 Å². The van der Waals surface area contributed by atoms with Gasteiger partial charge in [0.05, 0.1) is 0 Å². The van der Waals surface area contributed by atoms with Gasteiger partial charge >= 0.3 is 0 Å². The predicted molar refractivity (Wildman–Crippen MR) is 73.5 cm³/mol. The van der Waals surface area contributed by atoms with E-state index >= 15 is 0 Å². The molecule has 1 aromatic heterocycles. The summed E-state index contributed by atoms with van der Waals surface area (Å²) in [5.41, 5.74) is 1.49. The summed E-state index contributed by atoms with van der Waals surface area (Å²) < 4.78 is 0. The molecule has 0 spiro atoms. The molecule has 0 atom stereocenters. The number of nitrogens with one attached hydrogen (secondary N) is 1. The van der Waals surface area contributed by atoms with Crippen LogP contribution in [0.2, 0.25) is 0 Å². The molecular weight excluding hydrogens is 224 g/mol. The molecule has 3 nitrogen and oxygen atoms in total. The van der Waals surface area contributed by atoms with E-state index in [1.807, 2.05) is 18.5 Å². The summed E-state index contributed by atoms with van der Waals surface area (Å²) in [5, 5.41) is 13.0. The van der Waals surface area contributed by atoms with Crippen LogP contribution in [0.1, 0.15) is 38.7 Å². The zero-order valence-corrected chi connectivity index (χ0v) is 11.4. The minimum atomic E-state index is 0.0780. The maximum absolute atomic E-state index is 9.43. The lowest BCUT2D eigenvalue weighted by Gasteiger charge is -2.41. The minimum absolute atomic E-state index is 0.0780. The quantitative estimate of drug-likeness (QED) is 0.810. The van der Waals surface area contributed by atoms with Crippen LogP contribution in [0.3, 0.4) is 0 Å². The summed E-state index contributed by atoms with van der Waals surface area (Å²) in [4.78, 5) is 4.18. The number of aliphatic hydroxyl groups excluding tert-OH is 1. The van der Waals surface area contributed by atoms with Crippen LogP contribution in [0, 0.1) is 5.41 Å². The van der Waals surface area contributed by atoms with Crippen molar-refractivity contribution in [2.45, 2.75) is 38.5 Å². The number of hydrogen-bond acceptors (Lipinski definition) is 3. The number of hydrogen-bond donors (Lipinski definition) is 2. The molecular formula is C15H24N2O. The Morgan fingerprint density at radius 2 is 2.22 bits per heavy atom. The van der Waals surface area contributed by atoms with Gasteiger partial charge in [0.15, 0.2) is 0 Å². The average Bonchev–Trinajstić information content (AvgIpc) is 2.34. The predicted octanol–water partition coefficient (Wildman–Crippen LogP) is 2.11. The Hall–Kier alpha value is -0.930. The maximum Gasteiger partial charge on any atom is 0.0499 e. The van der Waals surface area contributed by atoms with E-state index < -0.39 is 0 Å². The molecule has 3 heteroatoms. The van der Waals surface area contributed by atoms with Crippen molar-refractivity contribution in [2.24, 2.45) is 5.41 Å². The first kappa shape index (κ1) is 13.5. The fraction of sp³-hybridized carbons (Fsp3) is 0.667. The lowest BCUT2D eigenvalue weighted by molar-refractivity contribution is 0.0438. The minimum Gasteiger partial charge on any atom is -0.396 e. The second-order valence-corrected chi connectivity index (χ2v) is 6.24. The topological polar surface area (TPSA) is 45.1 Å². The third-order valence-electron chi connectivity index (χ3n) is 4.26. The van der Waals surface area contributed by atoms with Crippen molar-refractivity contribution < 1.29 is 5.11 Å². The van der Waals surface area contributed by atoms with E-state index in [0.717, 1.165) is 25.9 Å². The van der Waals surface area contributed by atoms with Crippen molar-refractivity contribution in [2.75, 3.05) is 19.7 Å². The molecule has 100 valence electrons. The zero-order chi connectivity index (χ0) is 13.1. The van der Waals surface area contributed by atoms with Gasteiger partial charge in [-0.3, -0.25) is 4.98 Å². The Morgan fingerprint density at radius 3 is 2.72 bits per heavy atom. The molecule has 1 aliphatic carbocycles. The molecule has 1 aromatic rings. The van der Waals surface area contributed by atoms with Gasteiger partial charge in [0.2, 0.25) is 0 Å². The van der Waals surface area contributed by atoms with Crippen molar-refractivity contribution >= 4 is 0 Å². The van der Waals surface area contributed by atoms with Crippen molar-refractivity contribution in [1.29, 1.82) is 0 Å². The van der Waals surface area contributed by atoms with E-state index in [0.29, 0.717) is 6.61 Å². The molecule has 2 N–H and O–H groups in total. The molecule has 0 radical (unpaired) electrons. The van der Waals surface area contributed by atoms with Gasteiger partial charge in [-0.05, 0) is 24.5 Å². The molecule has 1 heterocycles. The molecule has 0 unspecified atom stereocenters. The Balaban J connectivity index is 1.86. The molecule has 18 heavy (non-hydrogen) atoms. The second-order valence-electron chi connectivity index (χ2n) is 6.24. The van der Waals surface area contributed by atoms with Crippen molar-refractivity contribution in [1.82, 2.24) is 10.3 Å². The number of aromatic nitrogens is 1. The van der Waals surface area contributed by atoms with Gasteiger partial charge in [0.1, 0.15) is 0 Å². The molecule has 1 saturated carbocycles. The van der Waals surface area contributed by atoms with Crippen LogP contribution in [0.5, 0.6) is 0 Å².